The van der Waals surface area contributed by atoms with E-state index < -0.39 is 17.8 Å². The Bertz CT molecular complexity index is 1300. The fraction of sp³-hybridized carbons (Fsp3) is 0.0714. The third-order valence-corrected chi connectivity index (χ3v) is 5.15. The van der Waals surface area contributed by atoms with E-state index in [1.165, 1.54) is 18.5 Å². The molecule has 36 heavy (non-hydrogen) atoms. The Balaban J connectivity index is 1.31. The molecule has 0 fully saturated rings. The maximum atomic E-state index is 13.0. The number of carbonyl (C=O) groups excluding carboxylic acids is 3. The number of benzene rings is 3. The van der Waals surface area contributed by atoms with E-state index in [-0.39, 0.29) is 18.2 Å². The van der Waals surface area contributed by atoms with Crippen LogP contribution in [0.3, 0.4) is 0 Å². The molecule has 8 heteroatoms. The molecular formula is C28H23N3O5. The molecule has 0 saturated heterocycles. The van der Waals surface area contributed by atoms with Crippen LogP contribution in [0.5, 0.6) is 5.75 Å². The SMILES string of the molecule is O=C(CNC(=O)C(c1ccccc1)c1ccccc1)N/N=C/c1cccc(OC(=O)c2ccco2)c1. The van der Waals surface area contributed by atoms with Crippen LogP contribution >= 0.6 is 0 Å². The van der Waals surface area contributed by atoms with Gasteiger partial charge >= 0.3 is 5.97 Å². The number of hydrazone groups is 1. The van der Waals surface area contributed by atoms with Crippen molar-refractivity contribution in [3.8, 4) is 5.75 Å². The number of amides is 2. The summed E-state index contributed by atoms with van der Waals surface area (Å²) >= 11 is 0. The van der Waals surface area contributed by atoms with Gasteiger partial charge in [0.05, 0.1) is 24.9 Å². The van der Waals surface area contributed by atoms with Crippen molar-refractivity contribution in [1.29, 1.82) is 0 Å². The maximum absolute atomic E-state index is 13.0. The van der Waals surface area contributed by atoms with Crippen molar-refractivity contribution in [3.63, 3.8) is 0 Å². The zero-order valence-corrected chi connectivity index (χ0v) is 19.2. The second-order valence-electron chi connectivity index (χ2n) is 7.70. The topological polar surface area (TPSA) is 110 Å². The molecule has 0 saturated carbocycles. The van der Waals surface area contributed by atoms with E-state index in [1.54, 1.807) is 30.3 Å². The second-order valence-corrected chi connectivity index (χ2v) is 7.70. The van der Waals surface area contributed by atoms with Gasteiger partial charge in [-0.2, -0.15) is 5.10 Å². The lowest BCUT2D eigenvalue weighted by Gasteiger charge is -2.17. The van der Waals surface area contributed by atoms with E-state index in [0.29, 0.717) is 11.3 Å². The van der Waals surface area contributed by atoms with Gasteiger partial charge in [0, 0.05) is 0 Å². The Morgan fingerprint density at radius 3 is 2.19 bits per heavy atom. The Labute approximate surface area is 207 Å². The van der Waals surface area contributed by atoms with Crippen LogP contribution in [0.4, 0.5) is 0 Å². The van der Waals surface area contributed by atoms with Crippen LogP contribution in [0.15, 0.2) is 113 Å². The first-order valence-electron chi connectivity index (χ1n) is 11.2. The summed E-state index contributed by atoms with van der Waals surface area (Å²) in [5, 5.41) is 6.60. The fourth-order valence-electron chi connectivity index (χ4n) is 3.48. The van der Waals surface area contributed by atoms with Crippen LogP contribution in [-0.2, 0) is 9.59 Å². The predicted octanol–water partition coefficient (Wildman–Crippen LogP) is 3.90. The van der Waals surface area contributed by atoms with Gasteiger partial charge < -0.3 is 14.5 Å². The van der Waals surface area contributed by atoms with Gasteiger partial charge in [0.25, 0.3) is 5.91 Å². The summed E-state index contributed by atoms with van der Waals surface area (Å²) in [4.78, 5) is 37.2. The highest BCUT2D eigenvalue weighted by atomic mass is 16.5. The number of ether oxygens (including phenoxy) is 1. The largest absolute Gasteiger partial charge is 0.457 e. The van der Waals surface area contributed by atoms with Gasteiger partial charge in [-0.05, 0) is 41.0 Å². The van der Waals surface area contributed by atoms with E-state index in [2.05, 4.69) is 15.8 Å². The molecule has 1 aromatic heterocycles. The van der Waals surface area contributed by atoms with E-state index >= 15 is 0 Å². The average molecular weight is 482 g/mol. The zero-order chi connectivity index (χ0) is 25.2. The fourth-order valence-corrected chi connectivity index (χ4v) is 3.48. The van der Waals surface area contributed by atoms with E-state index in [4.69, 9.17) is 9.15 Å². The summed E-state index contributed by atoms with van der Waals surface area (Å²) in [7, 11) is 0. The standard InChI is InChI=1S/C28H23N3O5/c32-25(19-29-27(33)26(21-10-3-1-4-11-21)22-12-5-2-6-13-22)31-30-18-20-9-7-14-23(17-20)36-28(34)24-15-8-16-35-24/h1-18,26H,19H2,(H,29,33)(H,31,32)/b30-18+. The molecule has 0 radical (unpaired) electrons. The monoisotopic (exact) mass is 481 g/mol. The molecule has 0 aliphatic heterocycles. The van der Waals surface area contributed by atoms with Crippen LogP contribution in [0.1, 0.15) is 33.2 Å². The normalized spacial score (nSPS) is 10.8. The number of nitrogens with zero attached hydrogens (tertiary/aromatic N) is 1. The Morgan fingerprint density at radius 2 is 1.56 bits per heavy atom. The molecule has 0 aliphatic rings. The predicted molar refractivity (Wildman–Crippen MR) is 134 cm³/mol. The molecule has 4 rings (SSSR count). The van der Waals surface area contributed by atoms with Crippen LogP contribution in [0, 0.1) is 0 Å². The highest BCUT2D eigenvalue weighted by Crippen LogP contribution is 2.24. The number of hydrogen-bond acceptors (Lipinski definition) is 6. The molecule has 2 amide bonds. The molecule has 2 N–H and O–H groups in total. The summed E-state index contributed by atoms with van der Waals surface area (Å²) in [5.41, 5.74) is 4.63. The number of nitrogens with one attached hydrogen (secondary N) is 2. The van der Waals surface area contributed by atoms with Gasteiger partial charge in [0.2, 0.25) is 11.7 Å². The first-order chi connectivity index (χ1) is 17.6. The van der Waals surface area contributed by atoms with Crippen LogP contribution in [0.25, 0.3) is 0 Å². The van der Waals surface area contributed by atoms with Crippen molar-refractivity contribution in [1.82, 2.24) is 10.7 Å². The van der Waals surface area contributed by atoms with Gasteiger partial charge in [-0.1, -0.05) is 72.8 Å². The second kappa shape index (κ2) is 11.9. The summed E-state index contributed by atoms with van der Waals surface area (Å²) in [6.07, 6.45) is 2.79. The Kier molecular flexibility index (Phi) is 8.01. The minimum Gasteiger partial charge on any atom is -0.457 e. The zero-order valence-electron chi connectivity index (χ0n) is 19.2. The molecule has 8 nitrogen and oxygen atoms in total. The van der Waals surface area contributed by atoms with Crippen molar-refractivity contribution in [2.45, 2.75) is 5.92 Å². The molecule has 0 bridgehead atoms. The molecule has 180 valence electrons. The van der Waals surface area contributed by atoms with Gasteiger partial charge in [-0.15, -0.1) is 0 Å². The molecule has 3 aromatic carbocycles. The third-order valence-electron chi connectivity index (χ3n) is 5.15. The number of esters is 1. The molecular weight excluding hydrogens is 458 g/mol. The minimum atomic E-state index is -0.623. The number of furan rings is 1. The van der Waals surface area contributed by atoms with Crippen molar-refractivity contribution in [2.24, 2.45) is 5.10 Å². The lowest BCUT2D eigenvalue weighted by Crippen LogP contribution is -2.37. The molecule has 4 aromatic rings. The summed E-state index contributed by atoms with van der Waals surface area (Å²) < 4.78 is 10.3. The first kappa shape index (κ1) is 24.2. The maximum Gasteiger partial charge on any atom is 0.379 e. The highest BCUT2D eigenvalue weighted by molar-refractivity contribution is 5.91. The summed E-state index contributed by atoms with van der Waals surface area (Å²) in [5.74, 6) is -1.56. The number of carbonyl (C=O) groups is 3. The minimum absolute atomic E-state index is 0.0881. The highest BCUT2D eigenvalue weighted by Gasteiger charge is 2.22. The van der Waals surface area contributed by atoms with E-state index in [1.807, 2.05) is 60.7 Å². The molecule has 0 atom stereocenters. The van der Waals surface area contributed by atoms with Crippen molar-refractivity contribution < 1.29 is 23.5 Å². The molecule has 1 heterocycles. The van der Waals surface area contributed by atoms with Gasteiger partial charge in [-0.25, -0.2) is 10.2 Å². The van der Waals surface area contributed by atoms with Gasteiger partial charge in [0.15, 0.2) is 0 Å². The molecule has 0 aliphatic carbocycles. The molecule has 0 spiro atoms. The van der Waals surface area contributed by atoms with Crippen molar-refractivity contribution >= 4 is 24.0 Å². The summed E-state index contributed by atoms with van der Waals surface area (Å²) in [6.45, 7) is -0.243. The van der Waals surface area contributed by atoms with Crippen molar-refractivity contribution in [3.05, 3.63) is 126 Å². The van der Waals surface area contributed by atoms with Crippen LogP contribution in [-0.4, -0.2) is 30.5 Å². The number of rotatable bonds is 9. The first-order valence-corrected chi connectivity index (χ1v) is 11.2. The number of hydrogen-bond donors (Lipinski definition) is 2. The van der Waals surface area contributed by atoms with Gasteiger partial charge in [-0.3, -0.25) is 9.59 Å². The Hall–Kier alpha value is -4.98. The lowest BCUT2D eigenvalue weighted by atomic mass is 9.90. The third kappa shape index (κ3) is 6.54. The molecule has 0 unspecified atom stereocenters. The average Bonchev–Trinajstić information content (AvgIpc) is 3.45. The van der Waals surface area contributed by atoms with Crippen LogP contribution in [0.2, 0.25) is 0 Å². The Morgan fingerprint density at radius 1 is 0.861 bits per heavy atom. The lowest BCUT2D eigenvalue weighted by molar-refractivity contribution is -0.126. The van der Waals surface area contributed by atoms with E-state index in [0.717, 1.165) is 11.1 Å². The van der Waals surface area contributed by atoms with Gasteiger partial charge in [0.1, 0.15) is 5.75 Å². The van der Waals surface area contributed by atoms with E-state index in [9.17, 15) is 14.4 Å². The quantitative estimate of drug-likeness (QED) is 0.163. The van der Waals surface area contributed by atoms with Crippen molar-refractivity contribution in [2.75, 3.05) is 6.54 Å². The summed E-state index contributed by atoms with van der Waals surface area (Å²) in [6, 6.07) is 28.4. The smallest absolute Gasteiger partial charge is 0.379 e. The van der Waals surface area contributed by atoms with Crippen LogP contribution < -0.4 is 15.5 Å².